The highest BCUT2D eigenvalue weighted by Crippen LogP contribution is 2.37. The van der Waals surface area contributed by atoms with Gasteiger partial charge in [0.1, 0.15) is 0 Å². The molecule has 176 valence electrons. The molecule has 2 N–H and O–H groups in total. The summed E-state index contributed by atoms with van der Waals surface area (Å²) in [7, 11) is 0. The highest BCUT2D eigenvalue weighted by Gasteiger charge is 2.24. The monoisotopic (exact) mass is 455 g/mol. The van der Waals surface area contributed by atoms with E-state index in [0.29, 0.717) is 12.2 Å². The fourth-order valence-corrected chi connectivity index (χ4v) is 6.17. The Balaban J connectivity index is 1.12. The first kappa shape index (κ1) is 21.6. The number of benzene rings is 3. The molecule has 0 bridgehead atoms. The van der Waals surface area contributed by atoms with Gasteiger partial charge in [0.15, 0.2) is 0 Å². The van der Waals surface area contributed by atoms with E-state index >= 15 is 0 Å². The summed E-state index contributed by atoms with van der Waals surface area (Å²) >= 11 is 0. The van der Waals surface area contributed by atoms with Gasteiger partial charge in [0, 0.05) is 42.8 Å². The Kier molecular flexibility index (Phi) is 5.75. The number of primary amides is 1. The van der Waals surface area contributed by atoms with Crippen molar-refractivity contribution in [3.05, 3.63) is 76.3 Å². The van der Waals surface area contributed by atoms with Crippen molar-refractivity contribution in [3.8, 4) is 0 Å². The summed E-state index contributed by atoms with van der Waals surface area (Å²) in [6.45, 7) is 6.09. The maximum absolute atomic E-state index is 11.6. The van der Waals surface area contributed by atoms with Gasteiger partial charge < -0.3 is 20.3 Å². The molecule has 1 saturated heterocycles. The second kappa shape index (κ2) is 9.05. The maximum atomic E-state index is 11.6. The van der Waals surface area contributed by atoms with Crippen molar-refractivity contribution in [2.45, 2.75) is 38.2 Å². The number of ether oxygens (including phenoxy) is 1. The lowest BCUT2D eigenvalue weighted by Gasteiger charge is -2.29. The van der Waals surface area contributed by atoms with Crippen LogP contribution in [0.15, 0.2) is 48.5 Å². The molecular weight excluding hydrogens is 422 g/mol. The summed E-state index contributed by atoms with van der Waals surface area (Å²) in [5.41, 5.74) is 12.9. The van der Waals surface area contributed by atoms with Crippen LogP contribution in [0.25, 0.3) is 10.8 Å². The molecule has 1 amide bonds. The van der Waals surface area contributed by atoms with Gasteiger partial charge in [0.05, 0.1) is 12.7 Å². The molecule has 1 fully saturated rings. The number of nitrogens with two attached hydrogens (primary N) is 1. The van der Waals surface area contributed by atoms with Gasteiger partial charge in [-0.15, -0.1) is 0 Å². The number of amides is 1. The van der Waals surface area contributed by atoms with Gasteiger partial charge in [-0.25, -0.2) is 0 Å². The molecule has 5 nitrogen and oxygen atoms in total. The van der Waals surface area contributed by atoms with E-state index in [1.165, 1.54) is 58.0 Å². The van der Waals surface area contributed by atoms with Crippen LogP contribution in [0.4, 0.5) is 5.69 Å². The molecule has 0 spiro atoms. The third-order valence-electron chi connectivity index (χ3n) is 7.96. The zero-order valence-corrected chi connectivity index (χ0v) is 19.8. The quantitative estimate of drug-likeness (QED) is 0.625. The predicted molar refractivity (Wildman–Crippen MR) is 137 cm³/mol. The highest BCUT2D eigenvalue weighted by molar-refractivity contribution is 5.99. The lowest BCUT2D eigenvalue weighted by molar-refractivity contribution is 0.0297. The van der Waals surface area contributed by atoms with Crippen LogP contribution in [0.3, 0.4) is 0 Å². The number of carbonyl (C=O) groups excluding carboxylic acids is 1. The van der Waals surface area contributed by atoms with Crippen molar-refractivity contribution in [1.29, 1.82) is 0 Å². The number of rotatable bonds is 5. The second-order valence-electron chi connectivity index (χ2n) is 9.94. The zero-order valence-electron chi connectivity index (χ0n) is 19.8. The van der Waals surface area contributed by atoms with Gasteiger partial charge in [-0.3, -0.25) is 4.79 Å². The smallest absolute Gasteiger partial charge is 0.248 e. The van der Waals surface area contributed by atoms with Crippen LogP contribution in [0.1, 0.15) is 51.6 Å². The standard InChI is InChI=1S/C29H33N3O2/c30-29(33)23-7-9-24-22(19-23)12-18-34-27(24)11-15-31-13-2-14-32(17-16-31)26-10-8-21-6-5-20-3-1-4-25(26)28(20)21/h1,3-4,7-10,19,27H,2,5-6,11-18H2,(H2,30,33)/t27-/m0/s1. The number of hydrogen-bond donors (Lipinski definition) is 1. The van der Waals surface area contributed by atoms with Crippen LogP contribution in [0.5, 0.6) is 0 Å². The highest BCUT2D eigenvalue weighted by atomic mass is 16.5. The molecule has 0 aromatic heterocycles. The number of anilines is 1. The number of fused-ring (bicyclic) bond motifs is 1. The van der Waals surface area contributed by atoms with Crippen molar-refractivity contribution in [2.75, 3.05) is 44.2 Å². The summed E-state index contributed by atoms with van der Waals surface area (Å²) in [6, 6.07) is 17.4. The van der Waals surface area contributed by atoms with Crippen molar-refractivity contribution >= 4 is 22.4 Å². The number of nitrogens with zero attached hydrogens (tertiary/aromatic N) is 2. The van der Waals surface area contributed by atoms with Crippen molar-refractivity contribution < 1.29 is 9.53 Å². The Labute approximate surface area is 201 Å². The van der Waals surface area contributed by atoms with E-state index in [1.807, 2.05) is 18.2 Å². The molecule has 1 aliphatic carbocycles. The van der Waals surface area contributed by atoms with Crippen molar-refractivity contribution in [1.82, 2.24) is 4.90 Å². The molecule has 0 unspecified atom stereocenters. The Morgan fingerprint density at radius 2 is 1.82 bits per heavy atom. The number of hydrogen-bond acceptors (Lipinski definition) is 4. The molecule has 6 rings (SSSR count). The van der Waals surface area contributed by atoms with Gasteiger partial charge in [-0.1, -0.05) is 30.3 Å². The largest absolute Gasteiger partial charge is 0.373 e. The molecular formula is C29H33N3O2. The van der Waals surface area contributed by atoms with Crippen molar-refractivity contribution in [3.63, 3.8) is 0 Å². The van der Waals surface area contributed by atoms with Crippen LogP contribution >= 0.6 is 0 Å². The van der Waals surface area contributed by atoms with Gasteiger partial charge in [0.2, 0.25) is 5.91 Å². The first-order valence-electron chi connectivity index (χ1n) is 12.7. The molecule has 2 heterocycles. The zero-order chi connectivity index (χ0) is 23.1. The van der Waals surface area contributed by atoms with Gasteiger partial charge in [0.25, 0.3) is 0 Å². The van der Waals surface area contributed by atoms with Gasteiger partial charge in [-0.2, -0.15) is 0 Å². The fourth-order valence-electron chi connectivity index (χ4n) is 6.17. The molecule has 5 heteroatoms. The number of carbonyl (C=O) groups is 1. The van der Waals surface area contributed by atoms with E-state index in [0.717, 1.165) is 45.6 Å². The third-order valence-corrected chi connectivity index (χ3v) is 7.96. The first-order valence-corrected chi connectivity index (χ1v) is 12.7. The third kappa shape index (κ3) is 3.97. The second-order valence-corrected chi connectivity index (χ2v) is 9.94. The molecule has 3 aliphatic rings. The topological polar surface area (TPSA) is 58.8 Å². The van der Waals surface area contributed by atoms with Crippen LogP contribution in [0, 0.1) is 0 Å². The minimum atomic E-state index is -0.361. The fraction of sp³-hybridized carbons (Fsp3) is 0.414. The Morgan fingerprint density at radius 1 is 0.941 bits per heavy atom. The van der Waals surface area contributed by atoms with Gasteiger partial charge in [-0.05, 0) is 84.5 Å². The first-order chi connectivity index (χ1) is 16.7. The molecule has 1 atom stereocenters. The molecule has 3 aromatic rings. The van der Waals surface area contributed by atoms with E-state index < -0.39 is 0 Å². The summed E-state index contributed by atoms with van der Waals surface area (Å²) < 4.78 is 6.14. The van der Waals surface area contributed by atoms with Gasteiger partial charge >= 0.3 is 0 Å². The van der Waals surface area contributed by atoms with E-state index in [-0.39, 0.29) is 12.0 Å². The Morgan fingerprint density at radius 3 is 2.71 bits per heavy atom. The van der Waals surface area contributed by atoms with E-state index in [2.05, 4.69) is 40.1 Å². The summed E-state index contributed by atoms with van der Waals surface area (Å²) in [5.74, 6) is -0.361. The average molecular weight is 456 g/mol. The molecule has 0 radical (unpaired) electrons. The van der Waals surface area contributed by atoms with E-state index in [4.69, 9.17) is 10.5 Å². The predicted octanol–water partition coefficient (Wildman–Crippen LogP) is 4.25. The Bertz CT molecular complexity index is 1230. The average Bonchev–Trinajstić information content (AvgIpc) is 3.14. The lowest BCUT2D eigenvalue weighted by atomic mass is 9.93. The summed E-state index contributed by atoms with van der Waals surface area (Å²) in [5, 5.41) is 2.94. The lowest BCUT2D eigenvalue weighted by Crippen LogP contribution is -2.32. The SMILES string of the molecule is NC(=O)c1ccc2c(c1)CCO[C@H]2CCN1CCCN(c2ccc3c4c(cccc24)CC3)CC1. The maximum Gasteiger partial charge on any atom is 0.248 e. The van der Waals surface area contributed by atoms with Crippen LogP contribution < -0.4 is 10.6 Å². The van der Waals surface area contributed by atoms with E-state index in [1.54, 1.807) is 0 Å². The molecule has 3 aromatic carbocycles. The summed E-state index contributed by atoms with van der Waals surface area (Å²) in [4.78, 5) is 16.7. The van der Waals surface area contributed by atoms with E-state index in [9.17, 15) is 4.79 Å². The minimum Gasteiger partial charge on any atom is -0.373 e. The molecule has 2 aliphatic heterocycles. The Hall–Kier alpha value is -2.89. The molecule has 0 saturated carbocycles. The molecule has 34 heavy (non-hydrogen) atoms. The number of aryl methyl sites for hydroxylation is 2. The summed E-state index contributed by atoms with van der Waals surface area (Å²) in [6.07, 6.45) is 5.46. The minimum absolute atomic E-state index is 0.0987. The van der Waals surface area contributed by atoms with Crippen LogP contribution in [0.2, 0.25) is 0 Å². The van der Waals surface area contributed by atoms with Crippen LogP contribution in [-0.4, -0.2) is 50.1 Å². The normalized spacial score (nSPS) is 20.4. The van der Waals surface area contributed by atoms with Crippen LogP contribution in [-0.2, 0) is 24.0 Å². The van der Waals surface area contributed by atoms with Crippen molar-refractivity contribution in [2.24, 2.45) is 5.73 Å².